The summed E-state index contributed by atoms with van der Waals surface area (Å²) in [5.41, 5.74) is 1.05. The van der Waals surface area contributed by atoms with E-state index in [1.165, 1.54) is 7.11 Å². The van der Waals surface area contributed by atoms with Gasteiger partial charge in [-0.2, -0.15) is 8.42 Å². The van der Waals surface area contributed by atoms with Crippen molar-refractivity contribution in [2.24, 2.45) is 0 Å². The van der Waals surface area contributed by atoms with Crippen LogP contribution in [0.1, 0.15) is 12.0 Å². The van der Waals surface area contributed by atoms with Crippen LogP contribution in [0.2, 0.25) is 0 Å². The number of hydrogen-bond donors (Lipinski definition) is 0. The van der Waals surface area contributed by atoms with Crippen LogP contribution < -0.4 is 0 Å². The second-order valence-corrected chi connectivity index (χ2v) is 6.71. The summed E-state index contributed by atoms with van der Waals surface area (Å²) in [4.78, 5) is 13.7. The van der Waals surface area contributed by atoms with Crippen molar-refractivity contribution in [2.45, 2.75) is 25.1 Å². The van der Waals surface area contributed by atoms with Gasteiger partial charge in [-0.15, -0.1) is 0 Å². The summed E-state index contributed by atoms with van der Waals surface area (Å²) in [5.74, 6) is -0.370. The second-order valence-electron chi connectivity index (χ2n) is 5.11. The lowest BCUT2D eigenvalue weighted by atomic mass is 10.2. The van der Waals surface area contributed by atoms with E-state index in [9.17, 15) is 13.2 Å². The van der Waals surface area contributed by atoms with Crippen LogP contribution >= 0.6 is 0 Å². The lowest BCUT2D eigenvalue weighted by Crippen LogP contribution is -2.36. The largest absolute Gasteiger partial charge is 0.468 e. The SMILES string of the molecule is COC(=O)[C@@H]1C[C@@H](OS(C)(=O)=O)CN1Cc1ccccc1. The molecule has 1 saturated heterocycles. The monoisotopic (exact) mass is 313 g/mol. The third-order valence-electron chi connectivity index (χ3n) is 3.38. The van der Waals surface area contributed by atoms with Gasteiger partial charge in [-0.05, 0) is 5.56 Å². The third-order valence-corrected chi connectivity index (χ3v) is 4.00. The van der Waals surface area contributed by atoms with Gasteiger partial charge in [-0.1, -0.05) is 30.3 Å². The number of hydrogen-bond acceptors (Lipinski definition) is 6. The van der Waals surface area contributed by atoms with Crippen LogP contribution in [-0.2, 0) is 30.4 Å². The fraction of sp³-hybridized carbons (Fsp3) is 0.500. The zero-order valence-electron chi connectivity index (χ0n) is 12.1. The third kappa shape index (κ3) is 4.52. The van der Waals surface area contributed by atoms with Crippen molar-refractivity contribution in [2.75, 3.05) is 19.9 Å². The maximum absolute atomic E-state index is 11.9. The fourth-order valence-electron chi connectivity index (χ4n) is 2.55. The Hall–Kier alpha value is -1.44. The van der Waals surface area contributed by atoms with E-state index >= 15 is 0 Å². The summed E-state index contributed by atoms with van der Waals surface area (Å²) in [6.07, 6.45) is 0.805. The lowest BCUT2D eigenvalue weighted by molar-refractivity contribution is -0.146. The topological polar surface area (TPSA) is 72.9 Å². The molecular weight excluding hydrogens is 294 g/mol. The molecule has 1 fully saturated rings. The summed E-state index contributed by atoms with van der Waals surface area (Å²) >= 11 is 0. The molecule has 0 unspecified atom stereocenters. The molecule has 0 aliphatic carbocycles. The van der Waals surface area contributed by atoms with E-state index in [2.05, 4.69) is 0 Å². The number of likely N-dealkylation sites (tertiary alicyclic amines) is 1. The fourth-order valence-corrected chi connectivity index (χ4v) is 3.19. The smallest absolute Gasteiger partial charge is 0.323 e. The molecular formula is C14H19NO5S. The van der Waals surface area contributed by atoms with Crippen LogP contribution in [-0.4, -0.2) is 51.3 Å². The molecule has 0 spiro atoms. The molecule has 0 saturated carbocycles. The minimum Gasteiger partial charge on any atom is -0.468 e. The second kappa shape index (κ2) is 6.55. The number of nitrogens with zero attached hydrogens (tertiary/aromatic N) is 1. The predicted octanol–water partition coefficient (Wildman–Crippen LogP) is 0.779. The van der Waals surface area contributed by atoms with Gasteiger partial charge in [-0.3, -0.25) is 13.9 Å². The first kappa shape index (κ1) is 15.9. The zero-order chi connectivity index (χ0) is 15.5. The summed E-state index contributed by atoms with van der Waals surface area (Å²) < 4.78 is 32.3. The molecule has 0 aromatic heterocycles. The molecule has 0 bridgehead atoms. The van der Waals surface area contributed by atoms with Gasteiger partial charge in [0.1, 0.15) is 6.04 Å². The summed E-state index contributed by atoms with van der Waals surface area (Å²) in [6, 6.07) is 9.19. The maximum atomic E-state index is 11.9. The molecule has 6 nitrogen and oxygen atoms in total. The Morgan fingerprint density at radius 2 is 2.00 bits per heavy atom. The van der Waals surface area contributed by atoms with Crippen molar-refractivity contribution in [3.63, 3.8) is 0 Å². The molecule has 1 aromatic rings. The molecule has 1 aliphatic heterocycles. The van der Waals surface area contributed by atoms with Gasteiger partial charge in [0.15, 0.2) is 0 Å². The predicted molar refractivity (Wildman–Crippen MR) is 77.0 cm³/mol. The van der Waals surface area contributed by atoms with Crippen LogP contribution in [0.4, 0.5) is 0 Å². The molecule has 0 amide bonds. The normalized spacial score (nSPS) is 23.1. The van der Waals surface area contributed by atoms with Crippen LogP contribution in [0.15, 0.2) is 30.3 Å². The summed E-state index contributed by atoms with van der Waals surface area (Å²) in [5, 5.41) is 0. The minimum atomic E-state index is -3.54. The number of rotatable bonds is 5. The molecule has 1 aromatic carbocycles. The van der Waals surface area contributed by atoms with Crippen LogP contribution in [0.5, 0.6) is 0 Å². The quantitative estimate of drug-likeness (QED) is 0.591. The first-order chi connectivity index (χ1) is 9.89. The molecule has 7 heteroatoms. The van der Waals surface area contributed by atoms with Crippen molar-refractivity contribution in [3.8, 4) is 0 Å². The highest BCUT2D eigenvalue weighted by molar-refractivity contribution is 7.86. The lowest BCUT2D eigenvalue weighted by Gasteiger charge is -2.21. The molecule has 2 rings (SSSR count). The van der Waals surface area contributed by atoms with E-state index in [-0.39, 0.29) is 5.97 Å². The molecule has 0 radical (unpaired) electrons. The summed E-state index contributed by atoms with van der Waals surface area (Å²) in [7, 11) is -2.21. The van der Waals surface area contributed by atoms with Gasteiger partial charge in [0, 0.05) is 19.5 Å². The Morgan fingerprint density at radius 1 is 1.33 bits per heavy atom. The van der Waals surface area contributed by atoms with E-state index in [1.807, 2.05) is 35.2 Å². The van der Waals surface area contributed by atoms with E-state index in [4.69, 9.17) is 8.92 Å². The number of benzene rings is 1. The van der Waals surface area contributed by atoms with Crippen molar-refractivity contribution in [1.82, 2.24) is 4.90 Å². The standard InChI is InChI=1S/C14H19NO5S/c1-19-14(16)13-8-12(20-21(2,17)18)10-15(13)9-11-6-4-3-5-7-11/h3-7,12-13H,8-10H2,1-2H3/t12-,13+/m1/s1. The van der Waals surface area contributed by atoms with Crippen molar-refractivity contribution < 1.29 is 22.1 Å². The molecule has 1 heterocycles. The first-order valence-electron chi connectivity index (χ1n) is 6.63. The minimum absolute atomic E-state index is 0.312. The van der Waals surface area contributed by atoms with E-state index < -0.39 is 22.3 Å². The highest BCUT2D eigenvalue weighted by Gasteiger charge is 2.39. The number of ether oxygens (including phenoxy) is 1. The molecule has 0 N–H and O–H groups in total. The van der Waals surface area contributed by atoms with E-state index in [0.29, 0.717) is 19.5 Å². The van der Waals surface area contributed by atoms with Gasteiger partial charge >= 0.3 is 5.97 Å². The van der Waals surface area contributed by atoms with Crippen LogP contribution in [0, 0.1) is 0 Å². The van der Waals surface area contributed by atoms with Gasteiger partial charge in [0.2, 0.25) is 0 Å². The van der Waals surface area contributed by atoms with Crippen LogP contribution in [0.25, 0.3) is 0 Å². The zero-order valence-corrected chi connectivity index (χ0v) is 12.9. The molecule has 21 heavy (non-hydrogen) atoms. The van der Waals surface area contributed by atoms with E-state index in [1.54, 1.807) is 0 Å². The molecule has 1 aliphatic rings. The van der Waals surface area contributed by atoms with Gasteiger partial charge in [0.05, 0.1) is 19.5 Å². The van der Waals surface area contributed by atoms with Crippen molar-refractivity contribution in [3.05, 3.63) is 35.9 Å². The van der Waals surface area contributed by atoms with E-state index in [0.717, 1.165) is 11.8 Å². The molecule has 116 valence electrons. The van der Waals surface area contributed by atoms with Gasteiger partial charge < -0.3 is 4.74 Å². The number of methoxy groups -OCH3 is 1. The van der Waals surface area contributed by atoms with Crippen LogP contribution in [0.3, 0.4) is 0 Å². The Bertz CT molecular complexity index is 587. The Kier molecular flexibility index (Phi) is 4.97. The van der Waals surface area contributed by atoms with Gasteiger partial charge in [0.25, 0.3) is 10.1 Å². The highest BCUT2D eigenvalue weighted by atomic mass is 32.2. The van der Waals surface area contributed by atoms with Gasteiger partial charge in [-0.25, -0.2) is 0 Å². The average molecular weight is 313 g/mol. The highest BCUT2D eigenvalue weighted by Crippen LogP contribution is 2.24. The number of carbonyl (C=O) groups excluding carboxylic acids is 1. The Morgan fingerprint density at radius 3 is 2.57 bits per heavy atom. The molecule has 2 atom stereocenters. The Balaban J connectivity index is 2.11. The average Bonchev–Trinajstić information content (AvgIpc) is 2.79. The number of esters is 1. The summed E-state index contributed by atoms with van der Waals surface area (Å²) in [6.45, 7) is 0.923. The Labute approximate surface area is 124 Å². The number of carbonyl (C=O) groups is 1. The first-order valence-corrected chi connectivity index (χ1v) is 8.45. The van der Waals surface area contributed by atoms with Crippen molar-refractivity contribution in [1.29, 1.82) is 0 Å². The maximum Gasteiger partial charge on any atom is 0.323 e. The van der Waals surface area contributed by atoms with Crippen molar-refractivity contribution >= 4 is 16.1 Å².